The van der Waals surface area contributed by atoms with Crippen molar-refractivity contribution in [2.75, 3.05) is 13.1 Å². The topological polar surface area (TPSA) is 40.5 Å². The molecule has 1 aliphatic carbocycles. The molecule has 0 saturated heterocycles. The minimum atomic E-state index is -0.674. The van der Waals surface area contributed by atoms with Crippen LogP contribution >= 0.6 is 0 Å². The van der Waals surface area contributed by atoms with E-state index in [1.165, 1.54) is 32.1 Å². The van der Waals surface area contributed by atoms with Gasteiger partial charge in [-0.25, -0.2) is 0 Å². The normalized spacial score (nSPS) is 26.4. The maximum Gasteiger partial charge on any atom is 0.307 e. The number of rotatable bonds is 6. The van der Waals surface area contributed by atoms with Gasteiger partial charge in [-0.2, -0.15) is 0 Å². The van der Waals surface area contributed by atoms with E-state index in [4.69, 9.17) is 5.11 Å². The van der Waals surface area contributed by atoms with Crippen molar-refractivity contribution in [3.63, 3.8) is 0 Å². The molecule has 0 aromatic heterocycles. The number of carbonyl (C=O) groups is 1. The highest BCUT2D eigenvalue weighted by Crippen LogP contribution is 2.31. The predicted octanol–water partition coefficient (Wildman–Crippen LogP) is 3.63. The molecule has 0 radical (unpaired) electrons. The summed E-state index contributed by atoms with van der Waals surface area (Å²) in [5.74, 6) is 0.712. The van der Waals surface area contributed by atoms with Gasteiger partial charge in [0, 0.05) is 12.6 Å². The quantitative estimate of drug-likeness (QED) is 0.748. The van der Waals surface area contributed by atoms with Gasteiger partial charge in [-0.1, -0.05) is 40.5 Å². The van der Waals surface area contributed by atoms with Gasteiger partial charge in [0.2, 0.25) is 0 Å². The monoisotopic (exact) mass is 269 g/mol. The Morgan fingerprint density at radius 1 is 1.21 bits per heavy atom. The molecule has 1 aliphatic rings. The number of hydrogen-bond donors (Lipinski definition) is 1. The van der Waals surface area contributed by atoms with Gasteiger partial charge in [0.05, 0.1) is 5.92 Å². The second-order valence-corrected chi connectivity index (χ2v) is 6.49. The van der Waals surface area contributed by atoms with Crippen LogP contribution in [0.3, 0.4) is 0 Å². The lowest BCUT2D eigenvalue weighted by molar-refractivity contribution is -0.141. The van der Waals surface area contributed by atoms with Gasteiger partial charge in [0.1, 0.15) is 0 Å². The van der Waals surface area contributed by atoms with Gasteiger partial charge in [-0.3, -0.25) is 9.69 Å². The van der Waals surface area contributed by atoms with Gasteiger partial charge in [0.25, 0.3) is 0 Å². The molecule has 3 nitrogen and oxygen atoms in total. The van der Waals surface area contributed by atoms with Gasteiger partial charge < -0.3 is 5.11 Å². The van der Waals surface area contributed by atoms with E-state index in [0.29, 0.717) is 12.6 Å². The van der Waals surface area contributed by atoms with E-state index in [2.05, 4.69) is 25.7 Å². The Balaban J connectivity index is 2.54. The molecule has 3 heteroatoms. The lowest BCUT2D eigenvalue weighted by Crippen LogP contribution is -2.39. The van der Waals surface area contributed by atoms with Gasteiger partial charge in [-0.05, 0) is 37.6 Å². The molecule has 3 atom stereocenters. The molecule has 112 valence electrons. The molecule has 1 N–H and O–H groups in total. The van der Waals surface area contributed by atoms with Crippen LogP contribution in [0.5, 0.6) is 0 Å². The predicted molar refractivity (Wildman–Crippen MR) is 79.2 cm³/mol. The van der Waals surface area contributed by atoms with Crippen LogP contribution in [0, 0.1) is 17.8 Å². The highest BCUT2D eigenvalue weighted by Gasteiger charge is 2.26. The Morgan fingerprint density at radius 3 is 2.42 bits per heavy atom. The maximum atomic E-state index is 11.0. The van der Waals surface area contributed by atoms with Crippen molar-refractivity contribution in [1.29, 1.82) is 0 Å². The second-order valence-electron chi connectivity index (χ2n) is 6.49. The molecule has 0 aromatic rings. The summed E-state index contributed by atoms with van der Waals surface area (Å²) in [6.45, 7) is 10.3. The van der Waals surface area contributed by atoms with E-state index >= 15 is 0 Å². The van der Waals surface area contributed by atoms with E-state index in [1.807, 2.05) is 6.92 Å². The standard InChI is InChI=1S/C16H31NO2/c1-5-17(11-13(4)16(18)19)15-8-6-7-14(9-10-15)12(2)3/h12-15H,5-11H2,1-4H3,(H,18,19). The van der Waals surface area contributed by atoms with Crippen LogP contribution < -0.4 is 0 Å². The Hall–Kier alpha value is -0.570. The number of nitrogens with zero attached hydrogens (tertiary/aromatic N) is 1. The molecule has 1 rings (SSSR count). The Kier molecular flexibility index (Phi) is 6.84. The molecule has 0 aliphatic heterocycles. The first-order valence-corrected chi connectivity index (χ1v) is 7.92. The van der Waals surface area contributed by atoms with Crippen molar-refractivity contribution in [1.82, 2.24) is 4.90 Å². The van der Waals surface area contributed by atoms with Gasteiger partial charge in [0.15, 0.2) is 0 Å². The Labute approximate surface area is 118 Å². The van der Waals surface area contributed by atoms with Crippen molar-refractivity contribution in [3.8, 4) is 0 Å². The zero-order valence-electron chi connectivity index (χ0n) is 13.1. The first-order valence-electron chi connectivity index (χ1n) is 7.92. The van der Waals surface area contributed by atoms with Crippen LogP contribution in [0.2, 0.25) is 0 Å². The highest BCUT2D eigenvalue weighted by molar-refractivity contribution is 5.69. The molecule has 0 heterocycles. The zero-order chi connectivity index (χ0) is 14.4. The summed E-state index contributed by atoms with van der Waals surface area (Å²) in [5.41, 5.74) is 0. The third kappa shape index (κ3) is 5.13. The van der Waals surface area contributed by atoms with Crippen molar-refractivity contribution >= 4 is 5.97 Å². The molecule has 0 bridgehead atoms. The van der Waals surface area contributed by atoms with Crippen molar-refractivity contribution in [3.05, 3.63) is 0 Å². The van der Waals surface area contributed by atoms with E-state index in [1.54, 1.807) is 0 Å². The summed E-state index contributed by atoms with van der Waals surface area (Å²) < 4.78 is 0. The SMILES string of the molecule is CCN(CC(C)C(=O)O)C1CCCC(C(C)C)CC1. The van der Waals surface area contributed by atoms with Crippen LogP contribution in [0.1, 0.15) is 59.8 Å². The van der Waals surface area contributed by atoms with Crippen LogP contribution in [0.15, 0.2) is 0 Å². The number of aliphatic carboxylic acids is 1. The summed E-state index contributed by atoms with van der Waals surface area (Å²) in [6, 6.07) is 0.593. The summed E-state index contributed by atoms with van der Waals surface area (Å²) in [5, 5.41) is 9.07. The van der Waals surface area contributed by atoms with Gasteiger partial charge in [-0.15, -0.1) is 0 Å². The number of hydrogen-bond acceptors (Lipinski definition) is 2. The molecule has 19 heavy (non-hydrogen) atoms. The van der Waals surface area contributed by atoms with Gasteiger partial charge >= 0.3 is 5.97 Å². The maximum absolute atomic E-state index is 11.0. The smallest absolute Gasteiger partial charge is 0.307 e. The molecule has 0 aromatic carbocycles. The lowest BCUT2D eigenvalue weighted by Gasteiger charge is -2.31. The van der Waals surface area contributed by atoms with Crippen molar-refractivity contribution in [2.45, 2.75) is 65.8 Å². The van der Waals surface area contributed by atoms with Crippen LogP contribution in [-0.2, 0) is 4.79 Å². The zero-order valence-corrected chi connectivity index (χ0v) is 13.1. The second kappa shape index (κ2) is 7.88. The van der Waals surface area contributed by atoms with Crippen LogP contribution in [0.25, 0.3) is 0 Å². The molecular formula is C16H31NO2. The average Bonchev–Trinajstić information content (AvgIpc) is 2.61. The average molecular weight is 269 g/mol. The highest BCUT2D eigenvalue weighted by atomic mass is 16.4. The molecule has 1 fully saturated rings. The number of carboxylic acids is 1. The minimum absolute atomic E-state index is 0.260. The molecule has 3 unspecified atom stereocenters. The van der Waals surface area contributed by atoms with E-state index in [9.17, 15) is 4.79 Å². The lowest BCUT2D eigenvalue weighted by atomic mass is 9.89. The fourth-order valence-corrected chi connectivity index (χ4v) is 3.31. The summed E-state index contributed by atoms with van der Waals surface area (Å²) in [6.07, 6.45) is 6.43. The Morgan fingerprint density at radius 2 is 1.89 bits per heavy atom. The van der Waals surface area contributed by atoms with Crippen molar-refractivity contribution < 1.29 is 9.90 Å². The molecular weight excluding hydrogens is 238 g/mol. The van der Waals surface area contributed by atoms with Crippen LogP contribution in [-0.4, -0.2) is 35.1 Å². The molecule has 1 saturated carbocycles. The summed E-state index contributed by atoms with van der Waals surface area (Å²) >= 11 is 0. The van der Waals surface area contributed by atoms with E-state index < -0.39 is 5.97 Å². The largest absolute Gasteiger partial charge is 0.481 e. The Bertz CT molecular complexity index is 278. The fraction of sp³-hybridized carbons (Fsp3) is 0.938. The molecule has 0 amide bonds. The minimum Gasteiger partial charge on any atom is -0.481 e. The number of carboxylic acid groups (broad SMARTS) is 1. The van der Waals surface area contributed by atoms with Crippen molar-refractivity contribution in [2.24, 2.45) is 17.8 Å². The summed E-state index contributed by atoms with van der Waals surface area (Å²) in [4.78, 5) is 13.4. The molecule has 0 spiro atoms. The third-order valence-corrected chi connectivity index (χ3v) is 4.78. The first-order chi connectivity index (χ1) is 8.95. The van der Waals surface area contributed by atoms with E-state index in [0.717, 1.165) is 18.4 Å². The van der Waals surface area contributed by atoms with E-state index in [-0.39, 0.29) is 5.92 Å². The van der Waals surface area contributed by atoms with Crippen LogP contribution in [0.4, 0.5) is 0 Å². The third-order valence-electron chi connectivity index (χ3n) is 4.78. The first kappa shape index (κ1) is 16.5. The summed E-state index contributed by atoms with van der Waals surface area (Å²) in [7, 11) is 0. The fourth-order valence-electron chi connectivity index (χ4n) is 3.31.